The highest BCUT2D eigenvalue weighted by atomic mass is 32.2. The lowest BCUT2D eigenvalue weighted by atomic mass is 10.4. The van der Waals surface area contributed by atoms with E-state index in [1.807, 2.05) is 0 Å². The van der Waals surface area contributed by atoms with Gasteiger partial charge in [-0.3, -0.25) is 4.79 Å². The second-order valence-electron chi connectivity index (χ2n) is 2.50. The van der Waals surface area contributed by atoms with Gasteiger partial charge in [-0.2, -0.15) is 0 Å². The van der Waals surface area contributed by atoms with Crippen LogP contribution in [0.2, 0.25) is 0 Å². The fraction of sp³-hybridized carbons (Fsp3) is 0.571. The van der Waals surface area contributed by atoms with Crippen molar-refractivity contribution in [3.8, 4) is 0 Å². The molecule has 5 nitrogen and oxygen atoms in total. The maximum atomic E-state index is 11.0. The molecule has 0 spiro atoms. The third-order valence-corrected chi connectivity index (χ3v) is 2.48. The molecular weight excluding hydrogens is 194 g/mol. The molecular formula is C7H13NO4S. The summed E-state index contributed by atoms with van der Waals surface area (Å²) in [6.07, 6.45) is 0.884. The van der Waals surface area contributed by atoms with Gasteiger partial charge in [0.05, 0.1) is 0 Å². The van der Waals surface area contributed by atoms with E-state index >= 15 is 0 Å². The number of carbonyl (C=O) groups is 1. The van der Waals surface area contributed by atoms with E-state index < -0.39 is 21.5 Å². The van der Waals surface area contributed by atoms with Crippen molar-refractivity contribution < 1.29 is 18.3 Å². The van der Waals surface area contributed by atoms with Crippen molar-refractivity contribution in [1.29, 1.82) is 0 Å². The summed E-state index contributed by atoms with van der Waals surface area (Å²) >= 11 is 0. The number of allylic oxidation sites excluding steroid dienone is 1. The first-order chi connectivity index (χ1) is 5.87. The molecule has 0 aromatic rings. The van der Waals surface area contributed by atoms with Crippen LogP contribution in [0.1, 0.15) is 13.8 Å². The Balaban J connectivity index is 4.37. The molecule has 0 unspecified atom stereocenters. The number of rotatable bonds is 5. The SMILES string of the molecule is CCNS(=O)(=O)C/C(O)=C/C(C)=O. The van der Waals surface area contributed by atoms with Crippen LogP contribution in [0.25, 0.3) is 0 Å². The van der Waals surface area contributed by atoms with Gasteiger partial charge in [0.25, 0.3) is 0 Å². The van der Waals surface area contributed by atoms with Gasteiger partial charge in [-0.15, -0.1) is 0 Å². The van der Waals surface area contributed by atoms with Crippen molar-refractivity contribution in [3.63, 3.8) is 0 Å². The van der Waals surface area contributed by atoms with Crippen LogP contribution in [-0.2, 0) is 14.8 Å². The highest BCUT2D eigenvalue weighted by Gasteiger charge is 2.11. The van der Waals surface area contributed by atoms with Gasteiger partial charge in [0, 0.05) is 12.6 Å². The molecule has 0 aromatic heterocycles. The highest BCUT2D eigenvalue weighted by Crippen LogP contribution is 1.95. The quantitative estimate of drug-likeness (QED) is 0.489. The Hall–Kier alpha value is -0.880. The third-order valence-electron chi connectivity index (χ3n) is 1.07. The molecule has 0 saturated heterocycles. The summed E-state index contributed by atoms with van der Waals surface area (Å²) in [5.74, 6) is -1.39. The van der Waals surface area contributed by atoms with Crippen molar-refractivity contribution in [2.45, 2.75) is 13.8 Å². The molecule has 13 heavy (non-hydrogen) atoms. The van der Waals surface area contributed by atoms with Crippen molar-refractivity contribution in [1.82, 2.24) is 4.72 Å². The van der Waals surface area contributed by atoms with E-state index in [9.17, 15) is 13.2 Å². The van der Waals surface area contributed by atoms with Crippen LogP contribution in [0.3, 0.4) is 0 Å². The Kier molecular flexibility index (Phi) is 4.64. The molecule has 0 bridgehead atoms. The summed E-state index contributed by atoms with van der Waals surface area (Å²) < 4.78 is 24.2. The Labute approximate surface area is 77.5 Å². The summed E-state index contributed by atoms with van der Waals surface area (Å²) in [5.41, 5.74) is 0. The number of sulfonamides is 1. The van der Waals surface area contributed by atoms with Gasteiger partial charge in [-0.25, -0.2) is 13.1 Å². The van der Waals surface area contributed by atoms with Gasteiger partial charge in [0.1, 0.15) is 11.5 Å². The van der Waals surface area contributed by atoms with Crippen LogP contribution in [0.15, 0.2) is 11.8 Å². The van der Waals surface area contributed by atoms with E-state index in [1.165, 1.54) is 6.92 Å². The lowest BCUT2D eigenvalue weighted by Crippen LogP contribution is -2.26. The predicted molar refractivity (Wildman–Crippen MR) is 48.9 cm³/mol. The summed E-state index contributed by atoms with van der Waals surface area (Å²) in [7, 11) is -3.50. The van der Waals surface area contributed by atoms with E-state index in [4.69, 9.17) is 5.11 Å². The van der Waals surface area contributed by atoms with Crippen molar-refractivity contribution in [2.75, 3.05) is 12.3 Å². The lowest BCUT2D eigenvalue weighted by molar-refractivity contribution is -0.112. The van der Waals surface area contributed by atoms with E-state index in [2.05, 4.69) is 4.72 Å². The van der Waals surface area contributed by atoms with Gasteiger partial charge < -0.3 is 5.11 Å². The highest BCUT2D eigenvalue weighted by molar-refractivity contribution is 7.89. The maximum absolute atomic E-state index is 11.0. The van der Waals surface area contributed by atoms with Gasteiger partial charge in [-0.05, 0) is 6.92 Å². The fourth-order valence-electron chi connectivity index (χ4n) is 0.742. The number of carbonyl (C=O) groups excluding carboxylic acids is 1. The number of hydrogen-bond acceptors (Lipinski definition) is 4. The van der Waals surface area contributed by atoms with E-state index in [0.717, 1.165) is 6.08 Å². The third kappa shape index (κ3) is 6.30. The minimum absolute atomic E-state index is 0.260. The van der Waals surface area contributed by atoms with Gasteiger partial charge in [0.15, 0.2) is 5.78 Å². The molecule has 0 fully saturated rings. The topological polar surface area (TPSA) is 83.5 Å². The summed E-state index contributed by atoms with van der Waals surface area (Å²) in [5, 5.41) is 9.00. The summed E-state index contributed by atoms with van der Waals surface area (Å²) in [6, 6.07) is 0. The standard InChI is InChI=1S/C7H13NO4S/c1-3-8-13(11,12)5-7(10)4-6(2)9/h4,8,10H,3,5H2,1-2H3/b7-4-. The molecule has 0 amide bonds. The molecule has 76 valence electrons. The minimum atomic E-state index is -3.50. The van der Waals surface area contributed by atoms with Crippen LogP contribution < -0.4 is 4.72 Å². The molecule has 6 heteroatoms. The Bertz CT molecular complexity index is 304. The van der Waals surface area contributed by atoms with Crippen LogP contribution in [0.5, 0.6) is 0 Å². The van der Waals surface area contributed by atoms with E-state index in [0.29, 0.717) is 0 Å². The smallest absolute Gasteiger partial charge is 0.218 e. The van der Waals surface area contributed by atoms with Crippen LogP contribution in [0, 0.1) is 0 Å². The first kappa shape index (κ1) is 12.1. The van der Waals surface area contributed by atoms with E-state index in [1.54, 1.807) is 6.92 Å². The summed E-state index contributed by atoms with van der Waals surface area (Å²) in [6.45, 7) is 3.12. The van der Waals surface area contributed by atoms with Crippen molar-refractivity contribution in [3.05, 3.63) is 11.8 Å². The predicted octanol–water partition coefficient (Wildman–Crippen LogP) is -0.0434. The van der Waals surface area contributed by atoms with Gasteiger partial charge in [-0.1, -0.05) is 6.92 Å². The Morgan fingerprint density at radius 2 is 2.08 bits per heavy atom. The Morgan fingerprint density at radius 1 is 1.54 bits per heavy atom. The number of ketones is 1. The first-order valence-corrected chi connectivity index (χ1v) is 5.40. The molecule has 0 atom stereocenters. The molecule has 0 aliphatic rings. The average Bonchev–Trinajstić information content (AvgIpc) is 1.81. The molecule has 0 radical (unpaired) electrons. The molecule has 0 aliphatic heterocycles. The second-order valence-corrected chi connectivity index (χ2v) is 4.31. The second kappa shape index (κ2) is 4.98. The van der Waals surface area contributed by atoms with E-state index in [-0.39, 0.29) is 12.3 Å². The first-order valence-electron chi connectivity index (χ1n) is 3.75. The van der Waals surface area contributed by atoms with Crippen LogP contribution in [-0.4, -0.2) is 31.6 Å². The zero-order chi connectivity index (χ0) is 10.5. The zero-order valence-electron chi connectivity index (χ0n) is 7.57. The van der Waals surface area contributed by atoms with Crippen molar-refractivity contribution in [2.24, 2.45) is 0 Å². The Morgan fingerprint density at radius 3 is 2.46 bits per heavy atom. The number of aliphatic hydroxyl groups excluding tert-OH is 1. The molecule has 0 rings (SSSR count). The zero-order valence-corrected chi connectivity index (χ0v) is 8.39. The largest absolute Gasteiger partial charge is 0.511 e. The molecule has 0 heterocycles. The lowest BCUT2D eigenvalue weighted by Gasteiger charge is -2.02. The normalized spacial score (nSPS) is 12.9. The average molecular weight is 207 g/mol. The van der Waals surface area contributed by atoms with Crippen LogP contribution in [0.4, 0.5) is 0 Å². The minimum Gasteiger partial charge on any atom is -0.511 e. The number of aliphatic hydroxyl groups is 1. The number of hydrogen-bond donors (Lipinski definition) is 2. The van der Waals surface area contributed by atoms with Gasteiger partial charge in [0.2, 0.25) is 10.0 Å². The molecule has 0 saturated carbocycles. The molecule has 0 aliphatic carbocycles. The van der Waals surface area contributed by atoms with Crippen LogP contribution >= 0.6 is 0 Å². The van der Waals surface area contributed by atoms with Gasteiger partial charge >= 0.3 is 0 Å². The summed E-state index contributed by atoms with van der Waals surface area (Å²) in [4.78, 5) is 10.4. The maximum Gasteiger partial charge on any atom is 0.218 e. The molecule has 0 aromatic carbocycles. The number of nitrogens with one attached hydrogen (secondary N) is 1. The monoisotopic (exact) mass is 207 g/mol. The van der Waals surface area contributed by atoms with Crippen molar-refractivity contribution >= 4 is 15.8 Å². The molecule has 2 N–H and O–H groups in total. The fourth-order valence-corrected chi connectivity index (χ4v) is 1.76.